The number of aliphatic hydroxyl groups is 7. The van der Waals surface area contributed by atoms with Gasteiger partial charge in [0.25, 0.3) is 0 Å². The Morgan fingerprint density at radius 2 is 1.47 bits per heavy atom. The second kappa shape index (κ2) is 11.7. The number of rotatable bonds is 9. The lowest BCUT2D eigenvalue weighted by Gasteiger charge is -2.42. The molecular formula is C22H32O12. The van der Waals surface area contributed by atoms with Gasteiger partial charge in [-0.1, -0.05) is 12.1 Å². The van der Waals surface area contributed by atoms with Gasteiger partial charge in [0.15, 0.2) is 17.8 Å². The lowest BCUT2D eigenvalue weighted by molar-refractivity contribution is -0.323. The van der Waals surface area contributed by atoms with E-state index in [0.717, 1.165) is 5.56 Å². The number of benzene rings is 1. The SMILES string of the molecule is C=CCc1ccc(O[C@@H]2OC(CO[C@@H]3OC(CO)[C@H](O)[C@H](O)[C@H]3O)[C@@H](O)[C@H](O)C2O)c(OC)c1. The van der Waals surface area contributed by atoms with Gasteiger partial charge in [0.2, 0.25) is 6.29 Å². The van der Waals surface area contributed by atoms with Crippen LogP contribution in [-0.4, -0.2) is 117 Å². The number of methoxy groups -OCH3 is 1. The molecule has 7 N–H and O–H groups in total. The van der Waals surface area contributed by atoms with Crippen molar-refractivity contribution in [1.29, 1.82) is 0 Å². The Morgan fingerprint density at radius 3 is 2.09 bits per heavy atom. The third-order valence-electron chi connectivity index (χ3n) is 5.79. The molecule has 34 heavy (non-hydrogen) atoms. The second-order valence-electron chi connectivity index (χ2n) is 8.14. The van der Waals surface area contributed by atoms with Gasteiger partial charge >= 0.3 is 0 Å². The first-order valence-electron chi connectivity index (χ1n) is 10.8. The van der Waals surface area contributed by atoms with Crippen molar-refractivity contribution < 1.29 is 59.4 Å². The maximum atomic E-state index is 10.4. The van der Waals surface area contributed by atoms with Crippen LogP contribution in [-0.2, 0) is 20.6 Å². The van der Waals surface area contributed by atoms with Crippen molar-refractivity contribution in [3.8, 4) is 11.5 Å². The fourth-order valence-electron chi connectivity index (χ4n) is 3.77. The molecule has 0 aromatic heterocycles. The Kier molecular flexibility index (Phi) is 9.23. The predicted molar refractivity (Wildman–Crippen MR) is 114 cm³/mol. The van der Waals surface area contributed by atoms with Crippen molar-refractivity contribution in [2.75, 3.05) is 20.3 Å². The quantitative estimate of drug-likeness (QED) is 0.180. The van der Waals surface area contributed by atoms with E-state index in [4.69, 9.17) is 23.7 Å². The topological polar surface area (TPSA) is 188 Å². The fraction of sp³-hybridized carbons (Fsp3) is 0.636. The Hall–Kier alpha value is -1.84. The molecule has 2 aliphatic heterocycles. The van der Waals surface area contributed by atoms with Gasteiger partial charge in [-0.25, -0.2) is 0 Å². The van der Waals surface area contributed by atoms with Crippen LogP contribution in [0.5, 0.6) is 11.5 Å². The first-order chi connectivity index (χ1) is 16.2. The number of hydrogen-bond donors (Lipinski definition) is 7. The average Bonchev–Trinajstić information content (AvgIpc) is 2.84. The van der Waals surface area contributed by atoms with Gasteiger partial charge in [-0.2, -0.15) is 0 Å². The Balaban J connectivity index is 1.68. The summed E-state index contributed by atoms with van der Waals surface area (Å²) >= 11 is 0. The molecule has 1 aromatic carbocycles. The number of aliphatic hydroxyl groups excluding tert-OH is 7. The summed E-state index contributed by atoms with van der Waals surface area (Å²) in [5, 5.41) is 70.1. The smallest absolute Gasteiger partial charge is 0.229 e. The Labute approximate surface area is 196 Å². The summed E-state index contributed by atoms with van der Waals surface area (Å²) < 4.78 is 27.3. The number of ether oxygens (including phenoxy) is 5. The van der Waals surface area contributed by atoms with Crippen LogP contribution < -0.4 is 9.47 Å². The molecule has 3 rings (SSSR count). The summed E-state index contributed by atoms with van der Waals surface area (Å²) in [6.07, 6.45) is -12.7. The van der Waals surface area contributed by atoms with Gasteiger partial charge in [-0.3, -0.25) is 0 Å². The minimum atomic E-state index is -1.66. The van der Waals surface area contributed by atoms with Crippen molar-refractivity contribution in [1.82, 2.24) is 0 Å². The zero-order valence-corrected chi connectivity index (χ0v) is 18.6. The molecule has 2 heterocycles. The molecule has 2 saturated heterocycles. The molecule has 0 radical (unpaired) electrons. The third kappa shape index (κ3) is 5.69. The lowest BCUT2D eigenvalue weighted by Crippen LogP contribution is -2.62. The lowest BCUT2D eigenvalue weighted by atomic mass is 9.98. The molecule has 12 heteroatoms. The zero-order valence-electron chi connectivity index (χ0n) is 18.6. The molecule has 0 bridgehead atoms. The normalized spacial score (nSPS) is 38.4. The molecule has 10 atom stereocenters. The summed E-state index contributed by atoms with van der Waals surface area (Å²) in [5.74, 6) is 0.571. The highest BCUT2D eigenvalue weighted by Gasteiger charge is 2.48. The first-order valence-corrected chi connectivity index (χ1v) is 10.8. The van der Waals surface area contributed by atoms with E-state index < -0.39 is 74.6 Å². The molecule has 2 fully saturated rings. The maximum absolute atomic E-state index is 10.4. The van der Waals surface area contributed by atoms with Crippen molar-refractivity contribution >= 4 is 0 Å². The summed E-state index contributed by atoms with van der Waals surface area (Å²) in [6, 6.07) is 5.08. The molecule has 2 aliphatic rings. The van der Waals surface area contributed by atoms with E-state index in [9.17, 15) is 35.7 Å². The molecule has 0 saturated carbocycles. The minimum Gasteiger partial charge on any atom is -0.493 e. The van der Waals surface area contributed by atoms with E-state index in [2.05, 4.69) is 6.58 Å². The maximum Gasteiger partial charge on any atom is 0.229 e. The number of allylic oxidation sites excluding steroid dienone is 1. The average molecular weight is 488 g/mol. The minimum absolute atomic E-state index is 0.219. The summed E-state index contributed by atoms with van der Waals surface area (Å²) in [6.45, 7) is 2.59. The molecular weight excluding hydrogens is 456 g/mol. The monoisotopic (exact) mass is 488 g/mol. The molecule has 1 aromatic rings. The van der Waals surface area contributed by atoms with Gasteiger partial charge in [-0.05, 0) is 24.1 Å². The van der Waals surface area contributed by atoms with Crippen LogP contribution >= 0.6 is 0 Å². The van der Waals surface area contributed by atoms with E-state index in [1.807, 2.05) is 0 Å². The van der Waals surface area contributed by atoms with Gasteiger partial charge in [0.1, 0.15) is 48.8 Å². The van der Waals surface area contributed by atoms with Gasteiger partial charge in [0.05, 0.1) is 20.3 Å². The van der Waals surface area contributed by atoms with Gasteiger partial charge in [0, 0.05) is 0 Å². The van der Waals surface area contributed by atoms with E-state index in [1.165, 1.54) is 7.11 Å². The Bertz CT molecular complexity index is 804. The van der Waals surface area contributed by atoms with E-state index >= 15 is 0 Å². The molecule has 192 valence electrons. The van der Waals surface area contributed by atoms with Crippen LogP contribution in [0.2, 0.25) is 0 Å². The Morgan fingerprint density at radius 1 is 0.853 bits per heavy atom. The van der Waals surface area contributed by atoms with Crippen LogP contribution in [0.3, 0.4) is 0 Å². The molecule has 0 amide bonds. The van der Waals surface area contributed by atoms with Crippen LogP contribution in [0.25, 0.3) is 0 Å². The van der Waals surface area contributed by atoms with E-state index in [-0.39, 0.29) is 5.75 Å². The van der Waals surface area contributed by atoms with E-state index in [0.29, 0.717) is 12.2 Å². The first kappa shape index (κ1) is 26.8. The molecule has 12 nitrogen and oxygen atoms in total. The van der Waals surface area contributed by atoms with Crippen LogP contribution in [0.1, 0.15) is 5.56 Å². The highest BCUT2D eigenvalue weighted by atomic mass is 16.7. The molecule has 0 spiro atoms. The van der Waals surface area contributed by atoms with E-state index in [1.54, 1.807) is 24.3 Å². The highest BCUT2D eigenvalue weighted by molar-refractivity contribution is 5.43. The van der Waals surface area contributed by atoms with Crippen LogP contribution in [0.15, 0.2) is 30.9 Å². The largest absolute Gasteiger partial charge is 0.493 e. The molecule has 0 aliphatic carbocycles. The van der Waals surface area contributed by atoms with Gasteiger partial charge < -0.3 is 59.4 Å². The van der Waals surface area contributed by atoms with Crippen LogP contribution in [0, 0.1) is 0 Å². The predicted octanol–water partition coefficient (Wildman–Crippen LogP) is -2.57. The summed E-state index contributed by atoms with van der Waals surface area (Å²) in [5.41, 5.74) is 0.908. The van der Waals surface area contributed by atoms with Crippen molar-refractivity contribution in [3.63, 3.8) is 0 Å². The summed E-state index contributed by atoms with van der Waals surface area (Å²) in [7, 11) is 1.44. The van der Waals surface area contributed by atoms with Crippen molar-refractivity contribution in [2.24, 2.45) is 0 Å². The van der Waals surface area contributed by atoms with Crippen molar-refractivity contribution in [3.05, 3.63) is 36.4 Å². The zero-order chi connectivity index (χ0) is 25.0. The summed E-state index contributed by atoms with van der Waals surface area (Å²) in [4.78, 5) is 0. The standard InChI is InChI=1S/C22H32O12/c1-3-4-10-5-6-11(12(7-10)30-2)32-22-20(29)18(27)16(25)14(34-22)9-31-21-19(28)17(26)15(24)13(8-23)33-21/h3,5-7,13-29H,1,4,8-9H2,2H3/t13?,14?,15-,16+,17-,18-,19+,20?,21+,22+/m0/s1. The third-order valence-corrected chi connectivity index (χ3v) is 5.79. The van der Waals surface area contributed by atoms with Gasteiger partial charge in [-0.15, -0.1) is 6.58 Å². The fourth-order valence-corrected chi connectivity index (χ4v) is 3.77. The molecule has 3 unspecified atom stereocenters. The highest BCUT2D eigenvalue weighted by Crippen LogP contribution is 2.32. The number of hydrogen-bond acceptors (Lipinski definition) is 12. The second-order valence-corrected chi connectivity index (χ2v) is 8.14. The van der Waals surface area contributed by atoms with Crippen molar-refractivity contribution in [2.45, 2.75) is 67.8 Å². The van der Waals surface area contributed by atoms with Crippen LogP contribution in [0.4, 0.5) is 0 Å².